The maximum atomic E-state index is 5.33. The van der Waals surface area contributed by atoms with Crippen LogP contribution in [0, 0.1) is 0 Å². The van der Waals surface area contributed by atoms with Crippen LogP contribution < -0.4 is 0 Å². The molecule has 2 heteroatoms. The second-order valence-corrected chi connectivity index (χ2v) is 3.30. The SMILES string of the molecule is CCCN1CCC[C@H](OC)C1. The van der Waals surface area contributed by atoms with Crippen molar-refractivity contribution in [3.05, 3.63) is 0 Å². The van der Waals surface area contributed by atoms with Crippen LogP contribution in [0.25, 0.3) is 0 Å². The van der Waals surface area contributed by atoms with E-state index in [4.69, 9.17) is 4.74 Å². The quantitative estimate of drug-likeness (QED) is 0.615. The maximum Gasteiger partial charge on any atom is 0.0698 e. The van der Waals surface area contributed by atoms with Crippen molar-refractivity contribution in [3.8, 4) is 0 Å². The highest BCUT2D eigenvalue weighted by molar-refractivity contribution is 4.72. The van der Waals surface area contributed by atoms with Gasteiger partial charge in [0.15, 0.2) is 0 Å². The zero-order valence-corrected chi connectivity index (χ0v) is 7.68. The van der Waals surface area contributed by atoms with E-state index in [1.807, 2.05) is 7.11 Å². The highest BCUT2D eigenvalue weighted by atomic mass is 16.5. The molecule has 0 N–H and O–H groups in total. The average molecular weight is 157 g/mol. The van der Waals surface area contributed by atoms with E-state index in [1.54, 1.807) is 0 Å². The summed E-state index contributed by atoms with van der Waals surface area (Å²) in [5, 5.41) is 0. The van der Waals surface area contributed by atoms with E-state index in [0.717, 1.165) is 6.54 Å². The van der Waals surface area contributed by atoms with Gasteiger partial charge in [-0.05, 0) is 32.4 Å². The Labute approximate surface area is 69.5 Å². The summed E-state index contributed by atoms with van der Waals surface area (Å²) < 4.78 is 5.33. The summed E-state index contributed by atoms with van der Waals surface area (Å²) in [5.74, 6) is 0. The zero-order chi connectivity index (χ0) is 8.10. The van der Waals surface area contributed by atoms with Crippen molar-refractivity contribution in [1.82, 2.24) is 4.90 Å². The Hall–Kier alpha value is -0.0800. The van der Waals surface area contributed by atoms with E-state index in [9.17, 15) is 0 Å². The van der Waals surface area contributed by atoms with Gasteiger partial charge in [-0.15, -0.1) is 0 Å². The van der Waals surface area contributed by atoms with Gasteiger partial charge in [0.05, 0.1) is 6.10 Å². The summed E-state index contributed by atoms with van der Waals surface area (Å²) >= 11 is 0. The summed E-state index contributed by atoms with van der Waals surface area (Å²) in [6.07, 6.45) is 4.31. The van der Waals surface area contributed by atoms with Gasteiger partial charge in [-0.25, -0.2) is 0 Å². The van der Waals surface area contributed by atoms with Crippen LogP contribution in [0.1, 0.15) is 26.2 Å². The van der Waals surface area contributed by atoms with Crippen LogP contribution in [-0.4, -0.2) is 37.7 Å². The van der Waals surface area contributed by atoms with E-state index in [2.05, 4.69) is 11.8 Å². The predicted octanol–water partition coefficient (Wildman–Crippen LogP) is 1.51. The lowest BCUT2D eigenvalue weighted by atomic mass is 10.1. The van der Waals surface area contributed by atoms with Crippen LogP contribution in [0.4, 0.5) is 0 Å². The van der Waals surface area contributed by atoms with Crippen LogP contribution in [0.5, 0.6) is 0 Å². The van der Waals surface area contributed by atoms with Crippen molar-refractivity contribution >= 4 is 0 Å². The molecule has 0 unspecified atom stereocenters. The summed E-state index contributed by atoms with van der Waals surface area (Å²) in [5.41, 5.74) is 0. The number of rotatable bonds is 3. The molecule has 1 rings (SSSR count). The molecule has 0 aromatic rings. The minimum atomic E-state index is 0.496. The zero-order valence-electron chi connectivity index (χ0n) is 7.68. The summed E-state index contributed by atoms with van der Waals surface area (Å²) in [6, 6.07) is 0. The Kier molecular flexibility index (Phi) is 3.87. The molecule has 66 valence electrons. The number of hydrogen-bond donors (Lipinski definition) is 0. The predicted molar refractivity (Wildman–Crippen MR) is 46.8 cm³/mol. The first-order valence-electron chi connectivity index (χ1n) is 4.62. The van der Waals surface area contributed by atoms with Crippen LogP contribution in [0.15, 0.2) is 0 Å². The topological polar surface area (TPSA) is 12.5 Å². The molecule has 0 aromatic carbocycles. The number of ether oxygens (including phenoxy) is 1. The minimum absolute atomic E-state index is 0.496. The summed E-state index contributed by atoms with van der Waals surface area (Å²) in [4.78, 5) is 2.50. The van der Waals surface area contributed by atoms with Gasteiger partial charge in [-0.1, -0.05) is 6.92 Å². The number of piperidine rings is 1. The van der Waals surface area contributed by atoms with E-state index in [1.165, 1.54) is 32.4 Å². The molecular weight excluding hydrogens is 138 g/mol. The molecule has 0 aromatic heterocycles. The van der Waals surface area contributed by atoms with E-state index < -0.39 is 0 Å². The molecule has 11 heavy (non-hydrogen) atoms. The lowest BCUT2D eigenvalue weighted by Crippen LogP contribution is -2.39. The van der Waals surface area contributed by atoms with E-state index in [-0.39, 0.29) is 0 Å². The third-order valence-electron chi connectivity index (χ3n) is 2.34. The monoisotopic (exact) mass is 157 g/mol. The summed E-state index contributed by atoms with van der Waals surface area (Å²) in [7, 11) is 1.82. The molecule has 0 spiro atoms. The number of hydrogen-bond acceptors (Lipinski definition) is 2. The normalized spacial score (nSPS) is 27.3. The van der Waals surface area contributed by atoms with Crippen LogP contribution in [-0.2, 0) is 4.74 Å². The second kappa shape index (κ2) is 4.73. The van der Waals surface area contributed by atoms with Crippen molar-refractivity contribution in [2.24, 2.45) is 0 Å². The lowest BCUT2D eigenvalue weighted by Gasteiger charge is -2.31. The first kappa shape index (κ1) is 9.01. The molecule has 0 amide bonds. The van der Waals surface area contributed by atoms with Gasteiger partial charge in [-0.3, -0.25) is 0 Å². The van der Waals surface area contributed by atoms with E-state index >= 15 is 0 Å². The number of likely N-dealkylation sites (tertiary alicyclic amines) is 1. The molecule has 0 bridgehead atoms. The Morgan fingerprint density at radius 1 is 1.55 bits per heavy atom. The highest BCUT2D eigenvalue weighted by Gasteiger charge is 2.17. The fourth-order valence-electron chi connectivity index (χ4n) is 1.72. The fraction of sp³-hybridized carbons (Fsp3) is 1.00. The molecule has 0 saturated carbocycles. The second-order valence-electron chi connectivity index (χ2n) is 3.30. The van der Waals surface area contributed by atoms with Gasteiger partial charge in [0, 0.05) is 13.7 Å². The van der Waals surface area contributed by atoms with Crippen molar-refractivity contribution in [2.75, 3.05) is 26.7 Å². The molecule has 1 heterocycles. The molecule has 0 radical (unpaired) electrons. The molecule has 1 saturated heterocycles. The smallest absolute Gasteiger partial charge is 0.0698 e. The minimum Gasteiger partial charge on any atom is -0.380 e. The standard InChI is InChI=1S/C9H19NO/c1-3-6-10-7-4-5-9(8-10)11-2/h9H,3-8H2,1-2H3/t9-/m0/s1. The van der Waals surface area contributed by atoms with Gasteiger partial charge in [0.2, 0.25) is 0 Å². The van der Waals surface area contributed by atoms with Gasteiger partial charge in [-0.2, -0.15) is 0 Å². The Bertz CT molecular complexity index is 104. The third-order valence-corrected chi connectivity index (χ3v) is 2.34. The Balaban J connectivity index is 2.21. The largest absolute Gasteiger partial charge is 0.380 e. The first-order chi connectivity index (χ1) is 5.36. The maximum absolute atomic E-state index is 5.33. The van der Waals surface area contributed by atoms with Crippen molar-refractivity contribution in [2.45, 2.75) is 32.3 Å². The van der Waals surface area contributed by atoms with Gasteiger partial charge in [0.25, 0.3) is 0 Å². The number of nitrogens with zero attached hydrogens (tertiary/aromatic N) is 1. The van der Waals surface area contributed by atoms with Crippen molar-refractivity contribution in [1.29, 1.82) is 0 Å². The Morgan fingerprint density at radius 2 is 2.36 bits per heavy atom. The van der Waals surface area contributed by atoms with Crippen molar-refractivity contribution in [3.63, 3.8) is 0 Å². The fourth-order valence-corrected chi connectivity index (χ4v) is 1.72. The summed E-state index contributed by atoms with van der Waals surface area (Å²) in [6.45, 7) is 5.88. The van der Waals surface area contributed by atoms with Gasteiger partial charge < -0.3 is 9.64 Å². The third kappa shape index (κ3) is 2.80. The molecular formula is C9H19NO. The van der Waals surface area contributed by atoms with Crippen LogP contribution in [0.3, 0.4) is 0 Å². The molecule has 1 aliphatic rings. The first-order valence-corrected chi connectivity index (χ1v) is 4.62. The molecule has 1 aliphatic heterocycles. The van der Waals surface area contributed by atoms with Crippen molar-refractivity contribution < 1.29 is 4.74 Å². The van der Waals surface area contributed by atoms with Crippen LogP contribution in [0.2, 0.25) is 0 Å². The van der Waals surface area contributed by atoms with Crippen LogP contribution >= 0.6 is 0 Å². The number of methoxy groups -OCH3 is 1. The van der Waals surface area contributed by atoms with Gasteiger partial charge >= 0.3 is 0 Å². The molecule has 1 fully saturated rings. The molecule has 0 aliphatic carbocycles. The highest BCUT2D eigenvalue weighted by Crippen LogP contribution is 2.12. The van der Waals surface area contributed by atoms with Gasteiger partial charge in [0.1, 0.15) is 0 Å². The molecule has 2 nitrogen and oxygen atoms in total. The lowest BCUT2D eigenvalue weighted by molar-refractivity contribution is 0.0315. The average Bonchev–Trinajstić information content (AvgIpc) is 2.06. The molecule has 1 atom stereocenters. The Morgan fingerprint density at radius 3 is 3.00 bits per heavy atom. The van der Waals surface area contributed by atoms with E-state index in [0.29, 0.717) is 6.10 Å².